The van der Waals surface area contributed by atoms with Gasteiger partial charge in [0.15, 0.2) is 18.1 Å². The van der Waals surface area contributed by atoms with E-state index < -0.39 is 30.3 Å². The van der Waals surface area contributed by atoms with E-state index in [9.17, 15) is 19.2 Å². The van der Waals surface area contributed by atoms with E-state index in [1.54, 1.807) is 42.5 Å². The predicted octanol–water partition coefficient (Wildman–Crippen LogP) is 3.05. The van der Waals surface area contributed by atoms with Crippen LogP contribution in [-0.2, 0) is 9.53 Å². The van der Waals surface area contributed by atoms with Gasteiger partial charge in [-0.15, -0.1) is 0 Å². The lowest BCUT2D eigenvalue weighted by molar-refractivity contribution is -0.119. The first-order chi connectivity index (χ1) is 16.5. The number of ether oxygens (including phenoxy) is 3. The van der Waals surface area contributed by atoms with Crippen molar-refractivity contribution in [3.63, 3.8) is 0 Å². The van der Waals surface area contributed by atoms with Crippen LogP contribution in [0.1, 0.15) is 31.1 Å². The maximum atomic E-state index is 12.6. The number of nitrogens with one attached hydrogen (secondary N) is 1. The molecule has 0 aromatic heterocycles. The molecule has 0 unspecified atom stereocenters. The summed E-state index contributed by atoms with van der Waals surface area (Å²) in [6.07, 6.45) is 0. The van der Waals surface area contributed by atoms with Crippen molar-refractivity contribution >= 4 is 35.1 Å². The molecular formula is C25H18N2O7. The molecule has 0 radical (unpaired) electrons. The first-order valence-electron chi connectivity index (χ1n) is 10.5. The van der Waals surface area contributed by atoms with Gasteiger partial charge in [-0.25, -0.2) is 9.69 Å². The minimum atomic E-state index is -0.716. The molecule has 9 nitrogen and oxygen atoms in total. The molecule has 0 fully saturated rings. The zero-order chi connectivity index (χ0) is 23.7. The molecule has 0 saturated carbocycles. The standard InChI is InChI=1S/C25H18N2O7/c28-22(26-16-7-10-20-21(13-16)33-12-11-32-20)14-34-25(31)15-5-8-17(9-6-15)27-23(29)18-3-1-2-4-19(18)24(27)30/h1-10,13H,11-12,14H2,(H,26,28). The topological polar surface area (TPSA) is 111 Å². The van der Waals surface area contributed by atoms with Gasteiger partial charge in [0.1, 0.15) is 13.2 Å². The van der Waals surface area contributed by atoms with Crippen LogP contribution in [-0.4, -0.2) is 43.5 Å². The van der Waals surface area contributed by atoms with Gasteiger partial charge in [0.05, 0.1) is 22.4 Å². The van der Waals surface area contributed by atoms with Crippen LogP contribution < -0.4 is 19.7 Å². The summed E-state index contributed by atoms with van der Waals surface area (Å²) >= 11 is 0. The minimum absolute atomic E-state index is 0.174. The van der Waals surface area contributed by atoms with Crippen molar-refractivity contribution < 1.29 is 33.4 Å². The number of carbonyl (C=O) groups excluding carboxylic acids is 4. The van der Waals surface area contributed by atoms with Gasteiger partial charge in [0, 0.05) is 11.8 Å². The molecule has 0 atom stereocenters. The van der Waals surface area contributed by atoms with Gasteiger partial charge in [-0.2, -0.15) is 0 Å². The number of imide groups is 1. The van der Waals surface area contributed by atoms with Crippen molar-refractivity contribution in [2.24, 2.45) is 0 Å². The first-order valence-corrected chi connectivity index (χ1v) is 10.5. The average molecular weight is 458 g/mol. The van der Waals surface area contributed by atoms with E-state index in [0.29, 0.717) is 47.2 Å². The molecule has 3 aromatic rings. The van der Waals surface area contributed by atoms with E-state index >= 15 is 0 Å². The van der Waals surface area contributed by atoms with Crippen molar-refractivity contribution in [1.29, 1.82) is 0 Å². The molecule has 9 heteroatoms. The zero-order valence-corrected chi connectivity index (χ0v) is 17.8. The van der Waals surface area contributed by atoms with Crippen molar-refractivity contribution in [2.75, 3.05) is 30.0 Å². The fraction of sp³-hybridized carbons (Fsp3) is 0.120. The Bertz CT molecular complexity index is 1280. The van der Waals surface area contributed by atoms with E-state index in [0.717, 1.165) is 4.90 Å². The summed E-state index contributed by atoms with van der Waals surface area (Å²) in [6.45, 7) is 0.398. The Kier molecular flexibility index (Phi) is 5.43. The monoisotopic (exact) mass is 458 g/mol. The number of nitrogens with zero attached hydrogens (tertiary/aromatic N) is 1. The highest BCUT2D eigenvalue weighted by Gasteiger charge is 2.36. The number of anilines is 2. The molecule has 2 aliphatic rings. The molecule has 2 aliphatic heterocycles. The van der Waals surface area contributed by atoms with Gasteiger partial charge in [0.2, 0.25) is 0 Å². The smallest absolute Gasteiger partial charge is 0.338 e. The molecule has 0 bridgehead atoms. The van der Waals surface area contributed by atoms with E-state index in [-0.39, 0.29) is 5.56 Å². The van der Waals surface area contributed by atoms with Crippen LogP contribution in [0.4, 0.5) is 11.4 Å². The molecular weight excluding hydrogens is 440 g/mol. The number of hydrogen-bond donors (Lipinski definition) is 1. The van der Waals surface area contributed by atoms with Crippen LogP contribution in [0.15, 0.2) is 66.7 Å². The molecule has 2 heterocycles. The van der Waals surface area contributed by atoms with Gasteiger partial charge >= 0.3 is 5.97 Å². The average Bonchev–Trinajstić information content (AvgIpc) is 3.12. The summed E-state index contributed by atoms with van der Waals surface area (Å²) < 4.78 is 16.0. The van der Waals surface area contributed by atoms with Gasteiger partial charge in [-0.05, 0) is 48.5 Å². The van der Waals surface area contributed by atoms with E-state index in [1.807, 2.05) is 0 Å². The van der Waals surface area contributed by atoms with Gasteiger partial charge in [-0.1, -0.05) is 12.1 Å². The van der Waals surface area contributed by atoms with E-state index in [1.165, 1.54) is 24.3 Å². The number of fused-ring (bicyclic) bond motifs is 2. The highest BCUT2D eigenvalue weighted by atomic mass is 16.6. The molecule has 0 spiro atoms. The van der Waals surface area contributed by atoms with Gasteiger partial charge in [-0.3, -0.25) is 14.4 Å². The fourth-order valence-corrected chi connectivity index (χ4v) is 3.70. The summed E-state index contributed by atoms with van der Waals surface area (Å²) in [5.74, 6) is -0.961. The number of benzene rings is 3. The summed E-state index contributed by atoms with van der Waals surface area (Å²) in [5.41, 5.74) is 1.65. The lowest BCUT2D eigenvalue weighted by Gasteiger charge is -2.19. The zero-order valence-electron chi connectivity index (χ0n) is 17.8. The van der Waals surface area contributed by atoms with Crippen molar-refractivity contribution in [2.45, 2.75) is 0 Å². The quantitative estimate of drug-likeness (QED) is 0.462. The fourth-order valence-electron chi connectivity index (χ4n) is 3.70. The number of carbonyl (C=O) groups is 4. The van der Waals surface area contributed by atoms with Crippen LogP contribution >= 0.6 is 0 Å². The summed E-state index contributed by atoms with van der Waals surface area (Å²) in [7, 11) is 0. The van der Waals surface area contributed by atoms with Crippen LogP contribution in [0, 0.1) is 0 Å². The number of rotatable bonds is 5. The Labute approximate surface area is 193 Å². The molecule has 170 valence electrons. The van der Waals surface area contributed by atoms with Gasteiger partial charge in [0.25, 0.3) is 17.7 Å². The Balaban J connectivity index is 1.19. The third kappa shape index (κ3) is 3.95. The highest BCUT2D eigenvalue weighted by Crippen LogP contribution is 2.32. The van der Waals surface area contributed by atoms with Gasteiger partial charge < -0.3 is 19.5 Å². The SMILES string of the molecule is O=C(COC(=O)c1ccc(N2C(=O)c3ccccc3C2=O)cc1)Nc1ccc2c(c1)OCCO2. The third-order valence-corrected chi connectivity index (χ3v) is 5.32. The molecule has 1 N–H and O–H groups in total. The van der Waals surface area contributed by atoms with E-state index in [4.69, 9.17) is 14.2 Å². The second-order valence-corrected chi connectivity index (χ2v) is 7.52. The van der Waals surface area contributed by atoms with Crippen LogP contribution in [0.5, 0.6) is 11.5 Å². The lowest BCUT2D eigenvalue weighted by atomic mass is 10.1. The largest absolute Gasteiger partial charge is 0.486 e. The number of hydrogen-bond acceptors (Lipinski definition) is 7. The Morgan fingerprint density at radius 2 is 1.50 bits per heavy atom. The second-order valence-electron chi connectivity index (χ2n) is 7.52. The van der Waals surface area contributed by atoms with Crippen LogP contribution in [0.3, 0.4) is 0 Å². The minimum Gasteiger partial charge on any atom is -0.486 e. The normalized spacial score (nSPS) is 13.9. The predicted molar refractivity (Wildman–Crippen MR) is 120 cm³/mol. The molecule has 0 aliphatic carbocycles. The summed E-state index contributed by atoms with van der Waals surface area (Å²) in [4.78, 5) is 50.8. The molecule has 34 heavy (non-hydrogen) atoms. The molecule has 3 amide bonds. The number of esters is 1. The Morgan fingerprint density at radius 3 is 2.18 bits per heavy atom. The Morgan fingerprint density at radius 1 is 0.853 bits per heavy atom. The second kappa shape index (κ2) is 8.70. The molecule has 3 aromatic carbocycles. The van der Waals surface area contributed by atoms with E-state index in [2.05, 4.69) is 5.32 Å². The summed E-state index contributed by atoms with van der Waals surface area (Å²) in [5, 5.41) is 2.63. The Hall–Kier alpha value is -4.66. The lowest BCUT2D eigenvalue weighted by Crippen LogP contribution is -2.29. The van der Waals surface area contributed by atoms with Crippen molar-refractivity contribution in [3.05, 3.63) is 83.4 Å². The number of amides is 3. The maximum absolute atomic E-state index is 12.6. The molecule has 5 rings (SSSR count). The maximum Gasteiger partial charge on any atom is 0.338 e. The van der Waals surface area contributed by atoms with Crippen LogP contribution in [0.25, 0.3) is 0 Å². The van der Waals surface area contributed by atoms with Crippen molar-refractivity contribution in [1.82, 2.24) is 0 Å². The highest BCUT2D eigenvalue weighted by molar-refractivity contribution is 6.34. The van der Waals surface area contributed by atoms with Crippen molar-refractivity contribution in [3.8, 4) is 11.5 Å². The molecule has 0 saturated heterocycles. The third-order valence-electron chi connectivity index (χ3n) is 5.32. The van der Waals surface area contributed by atoms with Crippen LogP contribution in [0.2, 0.25) is 0 Å². The first kappa shape index (κ1) is 21.2. The summed E-state index contributed by atoms with van der Waals surface area (Å²) in [6, 6.07) is 17.4.